The number of aromatic nitrogens is 2. The Kier molecular flexibility index (Phi) is 7.93. The third-order valence-corrected chi connectivity index (χ3v) is 11.4. The van der Waals surface area contributed by atoms with E-state index in [0.29, 0.717) is 0 Å². The Balaban J connectivity index is 1.09. The lowest BCUT2D eigenvalue weighted by Gasteiger charge is -2.13. The molecule has 10 aromatic rings. The Hall–Kier alpha value is -7.82. The summed E-state index contributed by atoms with van der Waals surface area (Å²) >= 11 is 0. The largest absolute Gasteiger partial charge is 0.309 e. The number of aliphatic imine (C=N–C) groups is 1. The van der Waals surface area contributed by atoms with E-state index < -0.39 is 0 Å². The SMILES string of the molecule is N=C(/N=C1/C=CC=C/C1=C\c1ccccc1)n1c2ccccc2c2c3ccccc3c(-c3cccc(-c4ccc5c6ccccc6n(-c6ccccc6)c5c4)c3)cc21. The number of allylic oxidation sites excluding steroid dienone is 5. The maximum Gasteiger partial charge on any atom is 0.227 e. The van der Waals surface area contributed by atoms with Crippen molar-refractivity contribution < 1.29 is 0 Å². The van der Waals surface area contributed by atoms with E-state index >= 15 is 0 Å². The molecule has 0 fully saturated rings. The summed E-state index contributed by atoms with van der Waals surface area (Å²) in [5.41, 5.74) is 12.7. The lowest BCUT2D eigenvalue weighted by atomic mass is 9.93. The van der Waals surface area contributed by atoms with Crippen LogP contribution in [0.1, 0.15) is 5.56 Å². The molecule has 11 rings (SSSR count). The molecule has 8 aromatic carbocycles. The van der Waals surface area contributed by atoms with Gasteiger partial charge in [0.25, 0.3) is 0 Å². The highest BCUT2D eigenvalue weighted by Crippen LogP contribution is 2.42. The van der Waals surface area contributed by atoms with Gasteiger partial charge in [0.15, 0.2) is 0 Å². The summed E-state index contributed by atoms with van der Waals surface area (Å²) in [5, 5.41) is 16.6. The van der Waals surface area contributed by atoms with Crippen molar-refractivity contribution in [1.29, 1.82) is 5.41 Å². The van der Waals surface area contributed by atoms with Crippen LogP contribution < -0.4 is 0 Å². The highest BCUT2D eigenvalue weighted by molar-refractivity contribution is 6.27. The second-order valence-electron chi connectivity index (χ2n) is 14.8. The molecule has 4 heteroatoms. The molecule has 58 heavy (non-hydrogen) atoms. The number of para-hydroxylation sites is 3. The Bertz CT molecular complexity index is 3390. The molecule has 0 bridgehead atoms. The van der Waals surface area contributed by atoms with Gasteiger partial charge < -0.3 is 4.57 Å². The molecule has 1 aliphatic carbocycles. The Morgan fingerprint density at radius 2 is 1.10 bits per heavy atom. The molecule has 0 spiro atoms. The predicted octanol–water partition coefficient (Wildman–Crippen LogP) is 13.8. The fourth-order valence-electron chi connectivity index (χ4n) is 8.77. The molecule has 0 unspecified atom stereocenters. The van der Waals surface area contributed by atoms with Crippen LogP contribution in [0.2, 0.25) is 0 Å². The van der Waals surface area contributed by atoms with Gasteiger partial charge in [-0.25, -0.2) is 4.99 Å². The second-order valence-corrected chi connectivity index (χ2v) is 14.8. The summed E-state index contributed by atoms with van der Waals surface area (Å²) < 4.78 is 4.39. The number of hydrogen-bond acceptors (Lipinski definition) is 1. The van der Waals surface area contributed by atoms with Crippen molar-refractivity contribution in [1.82, 2.24) is 9.13 Å². The number of nitrogens with zero attached hydrogens (tertiary/aromatic N) is 3. The zero-order chi connectivity index (χ0) is 38.6. The van der Waals surface area contributed by atoms with Gasteiger partial charge in [-0.15, -0.1) is 0 Å². The molecule has 0 radical (unpaired) electrons. The molecule has 2 heterocycles. The number of benzene rings is 8. The first-order valence-corrected chi connectivity index (χ1v) is 19.6. The van der Waals surface area contributed by atoms with E-state index in [1.807, 2.05) is 47.1 Å². The molecule has 0 saturated carbocycles. The predicted molar refractivity (Wildman–Crippen MR) is 245 cm³/mol. The van der Waals surface area contributed by atoms with Gasteiger partial charge in [-0.2, -0.15) is 0 Å². The van der Waals surface area contributed by atoms with Gasteiger partial charge in [0, 0.05) is 32.8 Å². The van der Waals surface area contributed by atoms with E-state index in [1.54, 1.807) is 0 Å². The minimum absolute atomic E-state index is 0.164. The first kappa shape index (κ1) is 33.5. The van der Waals surface area contributed by atoms with E-state index in [2.05, 4.69) is 174 Å². The Morgan fingerprint density at radius 1 is 0.466 bits per heavy atom. The summed E-state index contributed by atoms with van der Waals surface area (Å²) in [4.78, 5) is 5.02. The van der Waals surface area contributed by atoms with Crippen LogP contribution in [0.15, 0.2) is 217 Å². The molecule has 1 N–H and O–H groups in total. The molecular formula is C54H36N4. The summed E-state index contributed by atoms with van der Waals surface area (Å²) in [7, 11) is 0. The third-order valence-electron chi connectivity index (χ3n) is 11.4. The third kappa shape index (κ3) is 5.54. The quantitative estimate of drug-likeness (QED) is 0.138. The van der Waals surface area contributed by atoms with Gasteiger partial charge in [-0.3, -0.25) is 9.98 Å². The standard InChI is InChI=1S/C54H36N4/c55-54(56-48-27-12-7-18-40(48)32-36-16-3-1-4-17-36)58-50-29-14-11-26-46(50)53-45-25-9-8-23-42(45)47(35-52(53)58)39-20-15-19-37(33-39)38-30-31-44-43-24-10-13-28-49(43)57(51(44)34-38)41-21-5-2-6-22-41/h1-35,55H/b40-32+,55-54?,56-48-. The van der Waals surface area contributed by atoms with E-state index in [9.17, 15) is 5.41 Å². The smallest absolute Gasteiger partial charge is 0.227 e. The van der Waals surface area contributed by atoms with Crippen LogP contribution in [-0.4, -0.2) is 20.8 Å². The molecule has 1 aliphatic rings. The van der Waals surface area contributed by atoms with Gasteiger partial charge >= 0.3 is 0 Å². The van der Waals surface area contributed by atoms with Gasteiger partial charge in [0.2, 0.25) is 5.96 Å². The first-order valence-electron chi connectivity index (χ1n) is 19.6. The van der Waals surface area contributed by atoms with Crippen molar-refractivity contribution in [2.45, 2.75) is 0 Å². The molecule has 2 aromatic heterocycles. The van der Waals surface area contributed by atoms with Crippen molar-refractivity contribution in [3.05, 3.63) is 217 Å². The molecule has 0 saturated heterocycles. The van der Waals surface area contributed by atoms with Gasteiger partial charge in [0.1, 0.15) is 0 Å². The van der Waals surface area contributed by atoms with Gasteiger partial charge in [-0.05, 0) is 93.2 Å². The van der Waals surface area contributed by atoms with Crippen LogP contribution in [0.25, 0.3) is 88.4 Å². The second kappa shape index (κ2) is 13.7. The van der Waals surface area contributed by atoms with Crippen LogP contribution in [-0.2, 0) is 0 Å². The summed E-state index contributed by atoms with van der Waals surface area (Å²) in [6.07, 6.45) is 10.2. The van der Waals surface area contributed by atoms with Crippen molar-refractivity contribution in [2.75, 3.05) is 0 Å². The maximum absolute atomic E-state index is 9.62. The Morgan fingerprint density at radius 3 is 1.93 bits per heavy atom. The zero-order valence-corrected chi connectivity index (χ0v) is 31.5. The van der Waals surface area contributed by atoms with E-state index in [0.717, 1.165) is 72.0 Å². The van der Waals surface area contributed by atoms with Crippen molar-refractivity contribution in [3.63, 3.8) is 0 Å². The normalized spacial score (nSPS) is 14.2. The molecule has 272 valence electrons. The van der Waals surface area contributed by atoms with Gasteiger partial charge in [0.05, 0.1) is 27.8 Å². The monoisotopic (exact) mass is 740 g/mol. The van der Waals surface area contributed by atoms with E-state index in [4.69, 9.17) is 4.99 Å². The van der Waals surface area contributed by atoms with Crippen molar-refractivity contribution in [2.24, 2.45) is 4.99 Å². The summed E-state index contributed by atoms with van der Waals surface area (Å²) in [6, 6.07) is 64.6. The van der Waals surface area contributed by atoms with Gasteiger partial charge in [-0.1, -0.05) is 158 Å². The first-order chi connectivity index (χ1) is 28.7. The fraction of sp³-hybridized carbons (Fsp3) is 0. The zero-order valence-electron chi connectivity index (χ0n) is 31.5. The van der Waals surface area contributed by atoms with E-state index in [1.165, 1.54) is 27.2 Å². The number of hydrogen-bond donors (Lipinski definition) is 1. The highest BCUT2D eigenvalue weighted by Gasteiger charge is 2.20. The number of fused-ring (bicyclic) bond motifs is 8. The van der Waals surface area contributed by atoms with Crippen LogP contribution in [0.5, 0.6) is 0 Å². The van der Waals surface area contributed by atoms with Crippen molar-refractivity contribution >= 4 is 72.1 Å². The molecular weight excluding hydrogens is 705 g/mol. The highest BCUT2D eigenvalue weighted by atomic mass is 15.1. The molecule has 0 amide bonds. The van der Waals surface area contributed by atoms with Crippen LogP contribution >= 0.6 is 0 Å². The topological polar surface area (TPSA) is 46.1 Å². The van der Waals surface area contributed by atoms with Crippen molar-refractivity contribution in [3.8, 4) is 27.9 Å². The summed E-state index contributed by atoms with van der Waals surface area (Å²) in [5.74, 6) is 0.164. The molecule has 0 aliphatic heterocycles. The lowest BCUT2D eigenvalue weighted by Crippen LogP contribution is -2.12. The number of rotatable bonds is 4. The molecule has 4 nitrogen and oxygen atoms in total. The fourth-order valence-corrected chi connectivity index (χ4v) is 8.77. The molecule has 0 atom stereocenters. The van der Waals surface area contributed by atoms with E-state index in [-0.39, 0.29) is 5.96 Å². The van der Waals surface area contributed by atoms with Crippen LogP contribution in [0.4, 0.5) is 0 Å². The lowest BCUT2D eigenvalue weighted by molar-refractivity contribution is 1.18. The average Bonchev–Trinajstić information content (AvgIpc) is 3.80. The minimum Gasteiger partial charge on any atom is -0.309 e. The number of nitrogens with one attached hydrogen (secondary N) is 1. The summed E-state index contributed by atoms with van der Waals surface area (Å²) in [6.45, 7) is 0. The van der Waals surface area contributed by atoms with Crippen LogP contribution in [0, 0.1) is 5.41 Å². The van der Waals surface area contributed by atoms with Crippen LogP contribution in [0.3, 0.4) is 0 Å². The average molecular weight is 741 g/mol. The maximum atomic E-state index is 9.62. The Labute approximate surface area is 335 Å². The minimum atomic E-state index is 0.164.